The van der Waals surface area contributed by atoms with Gasteiger partial charge in [0.25, 0.3) is 0 Å². The van der Waals surface area contributed by atoms with Crippen molar-refractivity contribution in [2.75, 3.05) is 0 Å². The Morgan fingerprint density at radius 2 is 2.19 bits per heavy atom. The lowest BCUT2D eigenvalue weighted by molar-refractivity contribution is 0.596. The Labute approximate surface area is 130 Å². The summed E-state index contributed by atoms with van der Waals surface area (Å²) >= 11 is 7.48. The number of benzene rings is 1. The molecule has 6 nitrogen and oxygen atoms in total. The number of nitrogens with one attached hydrogen (secondary N) is 1. The summed E-state index contributed by atoms with van der Waals surface area (Å²) in [5.74, 6) is 0. The number of nitrogens with zero attached hydrogens (tertiary/aromatic N) is 2. The van der Waals surface area contributed by atoms with E-state index >= 15 is 0 Å². The number of nitrogens with two attached hydrogens (primary N) is 1. The lowest BCUT2D eigenvalue weighted by Gasteiger charge is -2.13. The zero-order valence-electron chi connectivity index (χ0n) is 11.6. The molecule has 2 rings (SSSR count). The fourth-order valence-electron chi connectivity index (χ4n) is 1.80. The Hall–Kier alpha value is -1.57. The standard InChI is InChI=1S/C13H15ClN4O2S/c1-7(15)6-8-9(14)4-3-5-10(8)21-13-16-11(19)12(20)17-18(13)2/h3-5,7H,6,15H2,1-2H3,(H,17,20). The van der Waals surface area contributed by atoms with E-state index in [2.05, 4.69) is 10.1 Å². The fourth-order valence-corrected chi connectivity index (χ4v) is 3.08. The molecule has 0 amide bonds. The van der Waals surface area contributed by atoms with Gasteiger partial charge >= 0.3 is 11.1 Å². The molecule has 1 unspecified atom stereocenters. The van der Waals surface area contributed by atoms with E-state index < -0.39 is 11.1 Å². The lowest BCUT2D eigenvalue weighted by atomic mass is 10.1. The Morgan fingerprint density at radius 1 is 1.48 bits per heavy atom. The second kappa shape index (κ2) is 6.46. The van der Waals surface area contributed by atoms with Crippen LogP contribution in [0, 0.1) is 0 Å². The number of aromatic nitrogens is 3. The quantitative estimate of drug-likeness (QED) is 0.822. The molecule has 1 aromatic heterocycles. The molecule has 0 aliphatic rings. The van der Waals surface area contributed by atoms with Crippen molar-refractivity contribution in [3.05, 3.63) is 49.5 Å². The van der Waals surface area contributed by atoms with Crippen LogP contribution in [0.15, 0.2) is 37.8 Å². The molecule has 21 heavy (non-hydrogen) atoms. The number of rotatable bonds is 4. The van der Waals surface area contributed by atoms with Crippen LogP contribution in [-0.2, 0) is 13.5 Å². The summed E-state index contributed by atoms with van der Waals surface area (Å²) in [6.07, 6.45) is 0.610. The maximum atomic E-state index is 11.4. The van der Waals surface area contributed by atoms with Crippen molar-refractivity contribution in [2.45, 2.75) is 29.4 Å². The van der Waals surface area contributed by atoms with Crippen molar-refractivity contribution >= 4 is 23.4 Å². The maximum Gasteiger partial charge on any atom is 0.339 e. The Balaban J connectivity index is 2.45. The van der Waals surface area contributed by atoms with Crippen molar-refractivity contribution in [3.8, 4) is 0 Å². The summed E-state index contributed by atoms with van der Waals surface area (Å²) in [5.41, 5.74) is 5.19. The SMILES string of the molecule is CC(N)Cc1c(Cl)cccc1Sc1nc(=O)c(=O)[nH]n1C. The van der Waals surface area contributed by atoms with Crippen LogP contribution in [0.3, 0.4) is 0 Å². The molecule has 1 atom stereocenters. The van der Waals surface area contributed by atoms with Crippen LogP contribution in [0.4, 0.5) is 0 Å². The summed E-state index contributed by atoms with van der Waals surface area (Å²) in [5, 5.41) is 3.41. The van der Waals surface area contributed by atoms with Crippen LogP contribution in [0.1, 0.15) is 12.5 Å². The highest BCUT2D eigenvalue weighted by Gasteiger charge is 2.13. The number of hydrogen-bond donors (Lipinski definition) is 2. The first-order chi connectivity index (χ1) is 9.88. The second-order valence-corrected chi connectivity index (χ2v) is 6.12. The van der Waals surface area contributed by atoms with Crippen LogP contribution in [0.2, 0.25) is 5.02 Å². The van der Waals surface area contributed by atoms with E-state index in [1.165, 1.54) is 16.4 Å². The largest absolute Gasteiger partial charge is 0.339 e. The van der Waals surface area contributed by atoms with Crippen molar-refractivity contribution < 1.29 is 0 Å². The zero-order chi connectivity index (χ0) is 15.6. The van der Waals surface area contributed by atoms with Gasteiger partial charge in [-0.2, -0.15) is 4.98 Å². The molecule has 0 aliphatic carbocycles. The van der Waals surface area contributed by atoms with E-state index in [0.29, 0.717) is 16.6 Å². The third-order valence-electron chi connectivity index (χ3n) is 2.75. The van der Waals surface area contributed by atoms with E-state index in [9.17, 15) is 9.59 Å². The fraction of sp³-hybridized carbons (Fsp3) is 0.308. The minimum Gasteiger partial charge on any atom is -0.328 e. The molecule has 0 spiro atoms. The first kappa shape index (κ1) is 15.8. The van der Waals surface area contributed by atoms with Crippen molar-refractivity contribution in [3.63, 3.8) is 0 Å². The van der Waals surface area contributed by atoms with Gasteiger partial charge < -0.3 is 5.73 Å². The highest BCUT2D eigenvalue weighted by molar-refractivity contribution is 7.99. The molecule has 2 aromatic rings. The molecule has 1 aromatic carbocycles. The number of halogens is 1. The number of aromatic amines is 1. The summed E-state index contributed by atoms with van der Waals surface area (Å²) in [6, 6.07) is 5.45. The molecule has 112 valence electrons. The average Bonchev–Trinajstić information content (AvgIpc) is 2.39. The molecular formula is C13H15ClN4O2S. The third-order valence-corrected chi connectivity index (χ3v) is 4.26. The van der Waals surface area contributed by atoms with E-state index in [1.54, 1.807) is 13.1 Å². The van der Waals surface area contributed by atoms with Crippen molar-refractivity contribution in [1.29, 1.82) is 0 Å². The van der Waals surface area contributed by atoms with E-state index in [4.69, 9.17) is 17.3 Å². The monoisotopic (exact) mass is 326 g/mol. The number of H-pyrrole nitrogens is 1. The summed E-state index contributed by atoms with van der Waals surface area (Å²) < 4.78 is 1.41. The average molecular weight is 327 g/mol. The second-order valence-electron chi connectivity index (χ2n) is 4.70. The molecule has 0 radical (unpaired) electrons. The molecule has 0 fully saturated rings. The highest BCUT2D eigenvalue weighted by atomic mass is 35.5. The molecule has 0 saturated heterocycles. The van der Waals surface area contributed by atoms with Gasteiger partial charge in [0.15, 0.2) is 5.16 Å². The first-order valence-electron chi connectivity index (χ1n) is 6.26. The minimum atomic E-state index is -0.814. The van der Waals surface area contributed by atoms with Gasteiger partial charge in [-0.05, 0) is 42.8 Å². The summed E-state index contributed by atoms with van der Waals surface area (Å²) in [6.45, 7) is 1.89. The first-order valence-corrected chi connectivity index (χ1v) is 7.46. The predicted molar refractivity (Wildman–Crippen MR) is 83.0 cm³/mol. The molecule has 8 heteroatoms. The molecular weight excluding hydrogens is 312 g/mol. The molecule has 1 heterocycles. The van der Waals surface area contributed by atoms with Gasteiger partial charge in [0.1, 0.15) is 0 Å². The molecule has 0 saturated carbocycles. The Bertz CT molecular complexity index is 769. The van der Waals surface area contributed by atoms with Crippen LogP contribution >= 0.6 is 23.4 Å². The smallest absolute Gasteiger partial charge is 0.328 e. The van der Waals surface area contributed by atoms with Gasteiger partial charge in [-0.1, -0.05) is 17.7 Å². The highest BCUT2D eigenvalue weighted by Crippen LogP contribution is 2.32. The topological polar surface area (TPSA) is 93.8 Å². The molecule has 3 N–H and O–H groups in total. The maximum absolute atomic E-state index is 11.4. The van der Waals surface area contributed by atoms with Gasteiger partial charge in [-0.15, -0.1) is 0 Å². The van der Waals surface area contributed by atoms with Gasteiger partial charge in [-0.3, -0.25) is 19.4 Å². The van der Waals surface area contributed by atoms with Crippen LogP contribution in [0.5, 0.6) is 0 Å². The lowest BCUT2D eigenvalue weighted by Crippen LogP contribution is -2.33. The van der Waals surface area contributed by atoms with Crippen molar-refractivity contribution in [1.82, 2.24) is 14.8 Å². The predicted octanol–water partition coefficient (Wildman–Crippen LogP) is 1.16. The van der Waals surface area contributed by atoms with Gasteiger partial charge in [0, 0.05) is 23.0 Å². The van der Waals surface area contributed by atoms with Crippen molar-refractivity contribution in [2.24, 2.45) is 12.8 Å². The van der Waals surface area contributed by atoms with E-state index in [-0.39, 0.29) is 6.04 Å². The minimum absolute atomic E-state index is 0.0448. The third kappa shape index (κ3) is 3.75. The zero-order valence-corrected chi connectivity index (χ0v) is 13.2. The van der Waals surface area contributed by atoms with Crippen LogP contribution in [-0.4, -0.2) is 20.8 Å². The van der Waals surface area contributed by atoms with Crippen LogP contribution in [0.25, 0.3) is 0 Å². The normalized spacial score (nSPS) is 12.4. The molecule has 0 bridgehead atoms. The number of hydrogen-bond acceptors (Lipinski definition) is 5. The van der Waals surface area contributed by atoms with E-state index in [1.807, 2.05) is 19.1 Å². The summed E-state index contributed by atoms with van der Waals surface area (Å²) in [7, 11) is 1.62. The molecule has 0 aliphatic heterocycles. The number of aryl methyl sites for hydroxylation is 1. The Kier molecular flexibility index (Phi) is 4.87. The van der Waals surface area contributed by atoms with Gasteiger partial charge in [-0.25, -0.2) is 0 Å². The van der Waals surface area contributed by atoms with E-state index in [0.717, 1.165) is 10.5 Å². The summed E-state index contributed by atoms with van der Waals surface area (Å²) in [4.78, 5) is 27.2. The van der Waals surface area contributed by atoms with Gasteiger partial charge in [0.2, 0.25) is 0 Å². The Morgan fingerprint density at radius 3 is 2.86 bits per heavy atom. The van der Waals surface area contributed by atoms with Gasteiger partial charge in [0.05, 0.1) is 0 Å². The van der Waals surface area contributed by atoms with Crippen LogP contribution < -0.4 is 16.9 Å².